The number of hydrogen-bond acceptors (Lipinski definition) is 4. The second kappa shape index (κ2) is 4.06. The smallest absolute Gasteiger partial charge is 0.121 e. The second-order valence-electron chi connectivity index (χ2n) is 3.17. The maximum atomic E-state index is 5.15. The number of thioether (sulfide) groups is 1. The van der Waals surface area contributed by atoms with Crippen LogP contribution < -0.4 is 4.74 Å². The Labute approximate surface area is 92.9 Å². The highest BCUT2D eigenvalue weighted by Crippen LogP contribution is 2.22. The molecule has 1 aromatic carbocycles. The molecule has 4 heteroatoms. The van der Waals surface area contributed by atoms with Crippen molar-refractivity contribution in [2.45, 2.75) is 11.9 Å². The Balaban J connectivity index is 2.66. The van der Waals surface area contributed by atoms with Crippen LogP contribution in [0.5, 0.6) is 5.75 Å². The van der Waals surface area contributed by atoms with E-state index in [1.54, 1.807) is 18.9 Å². The monoisotopic (exact) mass is 220 g/mol. The van der Waals surface area contributed by atoms with Gasteiger partial charge in [0.2, 0.25) is 0 Å². The third kappa shape index (κ3) is 1.90. The lowest BCUT2D eigenvalue weighted by Gasteiger charge is -2.05. The van der Waals surface area contributed by atoms with Crippen LogP contribution in [0.25, 0.3) is 11.0 Å². The van der Waals surface area contributed by atoms with Gasteiger partial charge in [-0.2, -0.15) is 0 Å². The van der Waals surface area contributed by atoms with Gasteiger partial charge in [-0.3, -0.25) is 0 Å². The van der Waals surface area contributed by atoms with Crippen LogP contribution >= 0.6 is 11.8 Å². The number of benzene rings is 1. The second-order valence-corrected chi connectivity index (χ2v) is 3.97. The Bertz CT molecular complexity index is 499. The van der Waals surface area contributed by atoms with Crippen molar-refractivity contribution in [2.24, 2.45) is 0 Å². The van der Waals surface area contributed by atoms with Gasteiger partial charge >= 0.3 is 0 Å². The van der Waals surface area contributed by atoms with Gasteiger partial charge in [0, 0.05) is 6.07 Å². The Morgan fingerprint density at radius 3 is 2.67 bits per heavy atom. The van der Waals surface area contributed by atoms with Gasteiger partial charge in [0.1, 0.15) is 10.8 Å². The summed E-state index contributed by atoms with van der Waals surface area (Å²) in [7, 11) is 1.65. The minimum absolute atomic E-state index is 0.813. The van der Waals surface area contributed by atoms with Crippen molar-refractivity contribution in [1.82, 2.24) is 9.97 Å². The van der Waals surface area contributed by atoms with E-state index < -0.39 is 0 Å². The van der Waals surface area contributed by atoms with Gasteiger partial charge in [0.05, 0.1) is 23.8 Å². The number of fused-ring (bicyclic) bond motifs is 1. The Hall–Kier alpha value is -1.29. The lowest BCUT2D eigenvalue weighted by Crippen LogP contribution is -1.93. The first-order valence-electron chi connectivity index (χ1n) is 4.61. The quantitative estimate of drug-likeness (QED) is 0.729. The van der Waals surface area contributed by atoms with E-state index in [1.807, 2.05) is 31.4 Å². The first-order valence-corrected chi connectivity index (χ1v) is 5.83. The third-order valence-corrected chi connectivity index (χ3v) is 2.97. The lowest BCUT2D eigenvalue weighted by atomic mass is 10.3. The van der Waals surface area contributed by atoms with Crippen LogP contribution in [0, 0.1) is 6.92 Å². The molecule has 0 spiro atoms. The molecule has 0 saturated carbocycles. The molecule has 0 N–H and O–H groups in total. The van der Waals surface area contributed by atoms with Gasteiger partial charge in [-0.15, -0.1) is 11.8 Å². The molecule has 0 aliphatic heterocycles. The van der Waals surface area contributed by atoms with Crippen LogP contribution in [0.2, 0.25) is 0 Å². The molecule has 78 valence electrons. The molecular formula is C11H12N2OS. The summed E-state index contributed by atoms with van der Waals surface area (Å²) in [5.74, 6) is 0.813. The molecular weight excluding hydrogens is 208 g/mol. The predicted octanol–water partition coefficient (Wildman–Crippen LogP) is 2.67. The molecule has 1 aromatic heterocycles. The predicted molar refractivity (Wildman–Crippen MR) is 62.6 cm³/mol. The van der Waals surface area contributed by atoms with Crippen LogP contribution in [-0.4, -0.2) is 23.3 Å². The highest BCUT2D eigenvalue weighted by atomic mass is 32.2. The zero-order valence-electron chi connectivity index (χ0n) is 8.94. The maximum absolute atomic E-state index is 5.15. The van der Waals surface area contributed by atoms with Crippen LogP contribution in [0.4, 0.5) is 0 Å². The van der Waals surface area contributed by atoms with Gasteiger partial charge in [-0.25, -0.2) is 9.97 Å². The summed E-state index contributed by atoms with van der Waals surface area (Å²) in [5.41, 5.74) is 2.76. The van der Waals surface area contributed by atoms with Crippen molar-refractivity contribution < 1.29 is 4.74 Å². The maximum Gasteiger partial charge on any atom is 0.121 e. The van der Waals surface area contributed by atoms with Crippen molar-refractivity contribution in [3.8, 4) is 5.75 Å². The van der Waals surface area contributed by atoms with E-state index in [1.165, 1.54) is 0 Å². The summed E-state index contributed by atoms with van der Waals surface area (Å²) < 4.78 is 5.15. The van der Waals surface area contributed by atoms with Crippen molar-refractivity contribution in [1.29, 1.82) is 0 Å². The van der Waals surface area contributed by atoms with Crippen LogP contribution in [-0.2, 0) is 0 Å². The van der Waals surface area contributed by atoms with E-state index in [4.69, 9.17) is 4.74 Å². The van der Waals surface area contributed by atoms with Crippen LogP contribution in [0.15, 0.2) is 23.2 Å². The fourth-order valence-electron chi connectivity index (χ4n) is 1.43. The van der Waals surface area contributed by atoms with E-state index in [9.17, 15) is 0 Å². The lowest BCUT2D eigenvalue weighted by molar-refractivity contribution is 0.415. The number of aromatic nitrogens is 2. The highest BCUT2D eigenvalue weighted by Gasteiger charge is 2.04. The van der Waals surface area contributed by atoms with E-state index in [0.717, 1.165) is 27.5 Å². The number of rotatable bonds is 2. The molecule has 2 rings (SSSR count). The molecule has 0 amide bonds. The first kappa shape index (κ1) is 10.2. The average Bonchev–Trinajstić information content (AvgIpc) is 2.27. The van der Waals surface area contributed by atoms with Gasteiger partial charge in [-0.1, -0.05) is 0 Å². The zero-order chi connectivity index (χ0) is 10.8. The summed E-state index contributed by atoms with van der Waals surface area (Å²) in [6.45, 7) is 1.97. The minimum Gasteiger partial charge on any atom is -0.497 e. The summed E-state index contributed by atoms with van der Waals surface area (Å²) in [4.78, 5) is 9.01. The van der Waals surface area contributed by atoms with E-state index in [-0.39, 0.29) is 0 Å². The fraction of sp³-hybridized carbons (Fsp3) is 0.273. The number of hydrogen-bond donors (Lipinski definition) is 0. The normalized spacial score (nSPS) is 10.6. The SMILES string of the molecule is COc1ccc2nc(C)c(SC)nc2c1. The summed E-state index contributed by atoms with van der Waals surface area (Å²) >= 11 is 1.61. The molecule has 0 radical (unpaired) electrons. The molecule has 0 fully saturated rings. The number of methoxy groups -OCH3 is 1. The average molecular weight is 220 g/mol. The summed E-state index contributed by atoms with van der Waals surface area (Å²) in [6.07, 6.45) is 2.00. The molecule has 15 heavy (non-hydrogen) atoms. The van der Waals surface area contributed by atoms with Gasteiger partial charge in [-0.05, 0) is 25.3 Å². The van der Waals surface area contributed by atoms with Gasteiger partial charge in [0.25, 0.3) is 0 Å². The Kier molecular flexibility index (Phi) is 2.77. The number of ether oxygens (including phenoxy) is 1. The van der Waals surface area contributed by atoms with Crippen LogP contribution in [0.3, 0.4) is 0 Å². The summed E-state index contributed by atoms with van der Waals surface area (Å²) in [6, 6.07) is 5.73. The topological polar surface area (TPSA) is 35.0 Å². The van der Waals surface area contributed by atoms with Gasteiger partial charge in [0.15, 0.2) is 0 Å². The van der Waals surface area contributed by atoms with E-state index >= 15 is 0 Å². The Morgan fingerprint density at radius 1 is 1.20 bits per heavy atom. The minimum atomic E-state index is 0.813. The van der Waals surface area contributed by atoms with Crippen molar-refractivity contribution >= 4 is 22.8 Å². The molecule has 0 atom stereocenters. The molecule has 2 aromatic rings. The van der Waals surface area contributed by atoms with E-state index in [0.29, 0.717) is 0 Å². The number of nitrogens with zero attached hydrogens (tertiary/aromatic N) is 2. The fourth-order valence-corrected chi connectivity index (χ4v) is 1.96. The molecule has 1 heterocycles. The van der Waals surface area contributed by atoms with Gasteiger partial charge < -0.3 is 4.74 Å². The number of aryl methyl sites for hydroxylation is 1. The van der Waals surface area contributed by atoms with Crippen molar-refractivity contribution in [3.63, 3.8) is 0 Å². The van der Waals surface area contributed by atoms with E-state index in [2.05, 4.69) is 9.97 Å². The first-order chi connectivity index (χ1) is 7.24. The molecule has 0 unspecified atom stereocenters. The molecule has 0 saturated heterocycles. The molecule has 0 aliphatic rings. The molecule has 0 aliphatic carbocycles. The standard InChI is InChI=1S/C11H12N2OS/c1-7-11(15-3)13-10-6-8(14-2)4-5-9(10)12-7/h4-6H,1-3H3. The molecule has 3 nitrogen and oxygen atoms in total. The Morgan fingerprint density at radius 2 is 2.00 bits per heavy atom. The molecule has 0 bridgehead atoms. The zero-order valence-corrected chi connectivity index (χ0v) is 9.76. The van der Waals surface area contributed by atoms with Crippen molar-refractivity contribution in [2.75, 3.05) is 13.4 Å². The van der Waals surface area contributed by atoms with Crippen LogP contribution in [0.1, 0.15) is 5.69 Å². The largest absolute Gasteiger partial charge is 0.497 e. The summed E-state index contributed by atoms with van der Waals surface area (Å²) in [5, 5.41) is 0.968. The third-order valence-electron chi connectivity index (χ3n) is 2.20. The highest BCUT2D eigenvalue weighted by molar-refractivity contribution is 7.98. The van der Waals surface area contributed by atoms with Crippen molar-refractivity contribution in [3.05, 3.63) is 23.9 Å².